The Morgan fingerprint density at radius 1 is 0.818 bits per heavy atom. The highest BCUT2D eigenvalue weighted by atomic mass is 35.5. The average Bonchev–Trinajstić information content (AvgIpc) is 3.01. The number of carbonyl (C=O) groups is 2. The van der Waals surface area contributed by atoms with E-state index in [2.05, 4.69) is 5.32 Å². The van der Waals surface area contributed by atoms with Crippen LogP contribution in [0.3, 0.4) is 0 Å². The van der Waals surface area contributed by atoms with E-state index in [0.717, 1.165) is 22.0 Å². The number of benzene rings is 4. The van der Waals surface area contributed by atoms with Gasteiger partial charge in [0.15, 0.2) is 0 Å². The second-order valence-corrected chi connectivity index (χ2v) is 12.9. The minimum absolute atomic E-state index is 0.0271. The highest BCUT2D eigenvalue weighted by Crippen LogP contribution is 2.29. The third-order valence-corrected chi connectivity index (χ3v) is 9.58. The lowest BCUT2D eigenvalue weighted by atomic mass is 10.0. The summed E-state index contributed by atoms with van der Waals surface area (Å²) in [6, 6.07) is 23.9. The molecule has 1 N–H and O–H groups in total. The fourth-order valence-corrected chi connectivity index (χ4v) is 6.49. The number of hydrogen-bond acceptors (Lipinski definition) is 4. The lowest BCUT2D eigenvalue weighted by Gasteiger charge is -2.34. The summed E-state index contributed by atoms with van der Waals surface area (Å²) in [6.07, 6.45) is 0.146. The van der Waals surface area contributed by atoms with Crippen LogP contribution < -0.4 is 9.62 Å². The Hall–Kier alpha value is -3.63. The number of hydrogen-bond donors (Lipinski definition) is 1. The molecular formula is C32H29Cl3FN3O4S. The van der Waals surface area contributed by atoms with Gasteiger partial charge in [0.25, 0.3) is 10.0 Å². The normalized spacial score (nSPS) is 11.9. The molecule has 0 saturated carbocycles. The van der Waals surface area contributed by atoms with Gasteiger partial charge in [0, 0.05) is 19.5 Å². The number of nitrogens with one attached hydrogen (secondary N) is 1. The Labute approximate surface area is 271 Å². The summed E-state index contributed by atoms with van der Waals surface area (Å²) in [5.41, 5.74) is 1.33. The molecular weight excluding hydrogens is 648 g/mol. The number of nitrogens with zero attached hydrogens (tertiary/aromatic N) is 2. The minimum Gasteiger partial charge on any atom is -0.355 e. The minimum atomic E-state index is -4.35. The predicted octanol–water partition coefficient (Wildman–Crippen LogP) is 6.76. The second-order valence-electron chi connectivity index (χ2n) is 9.79. The molecule has 0 heterocycles. The van der Waals surface area contributed by atoms with E-state index in [1.807, 2.05) is 30.3 Å². The van der Waals surface area contributed by atoms with Gasteiger partial charge in [0.2, 0.25) is 11.8 Å². The fraction of sp³-hybridized carbons (Fsp3) is 0.188. The van der Waals surface area contributed by atoms with Crippen molar-refractivity contribution in [2.45, 2.75) is 30.8 Å². The van der Waals surface area contributed by atoms with Gasteiger partial charge < -0.3 is 10.2 Å². The maximum atomic E-state index is 14.3. The van der Waals surface area contributed by atoms with E-state index in [1.54, 1.807) is 43.3 Å². The molecule has 1 atom stereocenters. The number of amides is 2. The summed E-state index contributed by atoms with van der Waals surface area (Å²) < 4.78 is 42.8. The van der Waals surface area contributed by atoms with Gasteiger partial charge in [-0.05, 0) is 60.5 Å². The maximum Gasteiger partial charge on any atom is 0.264 e. The van der Waals surface area contributed by atoms with Crippen LogP contribution in [0.25, 0.3) is 0 Å². The second kappa shape index (κ2) is 14.9. The molecule has 4 aromatic carbocycles. The zero-order valence-electron chi connectivity index (χ0n) is 23.6. The van der Waals surface area contributed by atoms with E-state index in [1.165, 1.54) is 23.1 Å². The van der Waals surface area contributed by atoms with Gasteiger partial charge >= 0.3 is 0 Å². The van der Waals surface area contributed by atoms with Crippen molar-refractivity contribution < 1.29 is 22.4 Å². The van der Waals surface area contributed by atoms with Crippen LogP contribution in [-0.4, -0.2) is 44.3 Å². The van der Waals surface area contributed by atoms with Crippen molar-refractivity contribution in [1.29, 1.82) is 0 Å². The molecule has 0 fully saturated rings. The van der Waals surface area contributed by atoms with Crippen LogP contribution in [0.15, 0.2) is 102 Å². The van der Waals surface area contributed by atoms with Gasteiger partial charge in [-0.2, -0.15) is 0 Å². The van der Waals surface area contributed by atoms with E-state index >= 15 is 0 Å². The first-order valence-corrected chi connectivity index (χ1v) is 16.2. The Kier molecular flexibility index (Phi) is 11.3. The van der Waals surface area contributed by atoms with E-state index in [-0.39, 0.29) is 33.6 Å². The van der Waals surface area contributed by atoms with Crippen LogP contribution in [0.2, 0.25) is 15.1 Å². The van der Waals surface area contributed by atoms with Crippen molar-refractivity contribution in [3.05, 3.63) is 129 Å². The van der Waals surface area contributed by atoms with Gasteiger partial charge in [-0.25, -0.2) is 12.8 Å². The molecule has 44 heavy (non-hydrogen) atoms. The van der Waals surface area contributed by atoms with E-state index < -0.39 is 40.2 Å². The number of halogens is 4. The van der Waals surface area contributed by atoms with E-state index in [4.69, 9.17) is 34.8 Å². The topological polar surface area (TPSA) is 86.8 Å². The summed E-state index contributed by atoms with van der Waals surface area (Å²) in [6.45, 7) is 1.26. The van der Waals surface area contributed by atoms with Gasteiger partial charge in [-0.1, -0.05) is 89.4 Å². The Morgan fingerprint density at radius 2 is 1.48 bits per heavy atom. The summed E-state index contributed by atoms with van der Waals surface area (Å²) >= 11 is 18.4. The van der Waals surface area contributed by atoms with Crippen molar-refractivity contribution in [2.24, 2.45) is 0 Å². The summed E-state index contributed by atoms with van der Waals surface area (Å²) in [5, 5.41) is 3.04. The van der Waals surface area contributed by atoms with Crippen molar-refractivity contribution >= 4 is 62.3 Å². The number of anilines is 1. The molecule has 0 aliphatic rings. The largest absolute Gasteiger partial charge is 0.355 e. The summed E-state index contributed by atoms with van der Waals surface area (Å²) in [5.74, 6) is -1.87. The standard InChI is InChI=1S/C32H29Cl3FN3O4S/c1-2-37-32(41)30(18-22-9-5-3-6-10-22)38(20-23-13-15-26(33)27(34)17-23)31(40)21-39(24-14-16-29(36)28(35)19-24)44(42,43)25-11-7-4-8-12-25/h3-17,19,30H,2,18,20-21H2,1H3,(H,37,41)/t30-/m0/s1. The first kappa shape index (κ1) is 33.3. The number of carbonyl (C=O) groups excluding carboxylic acids is 2. The van der Waals surface area contributed by atoms with Crippen LogP contribution in [0.5, 0.6) is 0 Å². The van der Waals surface area contributed by atoms with Crippen LogP contribution in [0.1, 0.15) is 18.1 Å². The summed E-state index contributed by atoms with van der Waals surface area (Å²) in [7, 11) is -4.35. The highest BCUT2D eigenvalue weighted by molar-refractivity contribution is 7.92. The Bertz CT molecular complexity index is 1730. The molecule has 12 heteroatoms. The summed E-state index contributed by atoms with van der Waals surface area (Å²) in [4.78, 5) is 29.1. The number of rotatable bonds is 12. The van der Waals surface area contributed by atoms with Crippen LogP contribution in [0.4, 0.5) is 10.1 Å². The van der Waals surface area contributed by atoms with Crippen molar-refractivity contribution in [1.82, 2.24) is 10.2 Å². The van der Waals surface area contributed by atoms with E-state index in [9.17, 15) is 22.4 Å². The molecule has 2 amide bonds. The third kappa shape index (κ3) is 8.09. The molecule has 0 bridgehead atoms. The SMILES string of the molecule is CCNC(=O)[C@H](Cc1ccccc1)N(Cc1ccc(Cl)c(Cl)c1)C(=O)CN(c1ccc(F)c(Cl)c1)S(=O)(=O)c1ccccc1. The molecule has 4 aromatic rings. The van der Waals surface area contributed by atoms with Crippen molar-refractivity contribution in [2.75, 3.05) is 17.4 Å². The van der Waals surface area contributed by atoms with Gasteiger partial charge in [0.1, 0.15) is 18.4 Å². The first-order chi connectivity index (χ1) is 21.0. The fourth-order valence-electron chi connectivity index (χ4n) is 4.57. The lowest BCUT2D eigenvalue weighted by Crippen LogP contribution is -2.53. The van der Waals surface area contributed by atoms with Crippen LogP contribution in [0, 0.1) is 5.82 Å². The molecule has 7 nitrogen and oxygen atoms in total. The van der Waals surface area contributed by atoms with Gasteiger partial charge in [-0.15, -0.1) is 0 Å². The zero-order valence-corrected chi connectivity index (χ0v) is 26.7. The molecule has 0 aliphatic heterocycles. The maximum absolute atomic E-state index is 14.3. The average molecular weight is 677 g/mol. The lowest BCUT2D eigenvalue weighted by molar-refractivity contribution is -0.140. The monoisotopic (exact) mass is 675 g/mol. The Morgan fingerprint density at radius 3 is 2.09 bits per heavy atom. The highest BCUT2D eigenvalue weighted by Gasteiger charge is 2.34. The molecule has 0 unspecified atom stereocenters. The molecule has 0 aromatic heterocycles. The number of sulfonamides is 1. The molecule has 0 radical (unpaired) electrons. The van der Waals surface area contributed by atoms with Gasteiger partial charge in [0.05, 0.1) is 25.7 Å². The Balaban J connectivity index is 1.82. The van der Waals surface area contributed by atoms with Crippen molar-refractivity contribution in [3.63, 3.8) is 0 Å². The third-order valence-electron chi connectivity index (χ3n) is 6.76. The molecule has 230 valence electrons. The van der Waals surface area contributed by atoms with Crippen molar-refractivity contribution in [3.8, 4) is 0 Å². The zero-order chi connectivity index (χ0) is 31.9. The molecule has 0 saturated heterocycles. The number of likely N-dealkylation sites (N-methyl/N-ethyl adjacent to an activating group) is 1. The first-order valence-electron chi connectivity index (χ1n) is 13.6. The molecule has 4 rings (SSSR count). The quantitative estimate of drug-likeness (QED) is 0.180. The molecule has 0 aliphatic carbocycles. The smallest absolute Gasteiger partial charge is 0.264 e. The van der Waals surface area contributed by atoms with E-state index in [0.29, 0.717) is 17.1 Å². The predicted molar refractivity (Wildman–Crippen MR) is 172 cm³/mol. The molecule has 0 spiro atoms. The van der Waals surface area contributed by atoms with Crippen LogP contribution in [-0.2, 0) is 32.6 Å². The van der Waals surface area contributed by atoms with Crippen LogP contribution >= 0.6 is 34.8 Å². The van der Waals surface area contributed by atoms with Gasteiger partial charge in [-0.3, -0.25) is 13.9 Å².